The van der Waals surface area contributed by atoms with Gasteiger partial charge in [-0.1, -0.05) is 35.9 Å². The molecule has 0 heterocycles. The lowest BCUT2D eigenvalue weighted by molar-refractivity contribution is -0.127. The molecule has 0 aliphatic carbocycles. The third-order valence-electron chi connectivity index (χ3n) is 3.90. The van der Waals surface area contributed by atoms with Crippen LogP contribution < -0.4 is 10.1 Å². The van der Waals surface area contributed by atoms with Gasteiger partial charge in [-0.3, -0.25) is 4.79 Å². The molecule has 24 heavy (non-hydrogen) atoms. The molecule has 0 saturated heterocycles. The summed E-state index contributed by atoms with van der Waals surface area (Å²) in [6.07, 6.45) is 1.39. The summed E-state index contributed by atoms with van der Waals surface area (Å²) in [5.74, 6) is 0.674. The maximum Gasteiger partial charge on any atom is 0.260 e. The van der Waals surface area contributed by atoms with E-state index in [0.29, 0.717) is 6.54 Å². The van der Waals surface area contributed by atoms with Crippen molar-refractivity contribution in [2.75, 3.05) is 6.54 Å². The van der Waals surface area contributed by atoms with Gasteiger partial charge in [0.1, 0.15) is 5.75 Å². The Hall–Kier alpha value is -2.29. The zero-order chi connectivity index (χ0) is 17.5. The lowest BCUT2D eigenvalue weighted by Gasteiger charge is -2.15. The third kappa shape index (κ3) is 5.73. The van der Waals surface area contributed by atoms with Crippen molar-refractivity contribution in [3.63, 3.8) is 0 Å². The van der Waals surface area contributed by atoms with Crippen LogP contribution in [0.15, 0.2) is 42.5 Å². The van der Waals surface area contributed by atoms with E-state index in [1.54, 1.807) is 6.92 Å². The SMILES string of the molecule is Cc1cccc(CCCNC(=O)C(C)Oc2cc(C)cc(C)c2)c1. The maximum absolute atomic E-state index is 12.1. The number of ether oxygens (including phenoxy) is 1. The third-order valence-corrected chi connectivity index (χ3v) is 3.90. The molecule has 0 spiro atoms. The minimum atomic E-state index is -0.495. The molecular weight excluding hydrogens is 298 g/mol. The van der Waals surface area contributed by atoms with Crippen LogP contribution >= 0.6 is 0 Å². The highest BCUT2D eigenvalue weighted by Crippen LogP contribution is 2.17. The first-order valence-electron chi connectivity index (χ1n) is 8.52. The van der Waals surface area contributed by atoms with Crippen molar-refractivity contribution in [3.8, 4) is 5.75 Å². The number of carbonyl (C=O) groups is 1. The van der Waals surface area contributed by atoms with Gasteiger partial charge in [-0.15, -0.1) is 0 Å². The van der Waals surface area contributed by atoms with E-state index < -0.39 is 6.10 Å². The van der Waals surface area contributed by atoms with Gasteiger partial charge in [0.25, 0.3) is 5.91 Å². The summed E-state index contributed by atoms with van der Waals surface area (Å²) in [6.45, 7) is 8.59. The van der Waals surface area contributed by atoms with Gasteiger partial charge in [-0.05, 0) is 69.4 Å². The van der Waals surface area contributed by atoms with Gasteiger partial charge in [-0.2, -0.15) is 0 Å². The highest BCUT2D eigenvalue weighted by Gasteiger charge is 2.14. The molecule has 3 heteroatoms. The predicted molar refractivity (Wildman–Crippen MR) is 98.5 cm³/mol. The van der Waals surface area contributed by atoms with Crippen LogP contribution in [0.2, 0.25) is 0 Å². The molecule has 2 aromatic carbocycles. The molecule has 1 amide bonds. The summed E-state index contributed by atoms with van der Waals surface area (Å²) in [4.78, 5) is 12.1. The number of hydrogen-bond acceptors (Lipinski definition) is 2. The van der Waals surface area contributed by atoms with Gasteiger partial charge >= 0.3 is 0 Å². The minimum absolute atomic E-state index is 0.0709. The number of carbonyl (C=O) groups excluding carboxylic acids is 1. The second kappa shape index (κ2) is 8.53. The molecule has 128 valence electrons. The van der Waals surface area contributed by atoms with E-state index in [1.807, 2.05) is 26.0 Å². The largest absolute Gasteiger partial charge is 0.481 e. The molecule has 2 aromatic rings. The van der Waals surface area contributed by atoms with Crippen molar-refractivity contribution in [1.29, 1.82) is 0 Å². The van der Waals surface area contributed by atoms with E-state index >= 15 is 0 Å². The molecule has 1 atom stereocenters. The lowest BCUT2D eigenvalue weighted by atomic mass is 10.1. The fourth-order valence-electron chi connectivity index (χ4n) is 2.77. The number of amides is 1. The number of benzene rings is 2. The maximum atomic E-state index is 12.1. The van der Waals surface area contributed by atoms with Crippen LogP contribution in [0.4, 0.5) is 0 Å². The Labute approximate surface area is 145 Å². The van der Waals surface area contributed by atoms with Crippen molar-refractivity contribution in [2.45, 2.75) is 46.6 Å². The van der Waals surface area contributed by atoms with E-state index in [4.69, 9.17) is 4.74 Å². The molecule has 0 radical (unpaired) electrons. The Kier molecular flexibility index (Phi) is 6.42. The second-order valence-electron chi connectivity index (χ2n) is 6.47. The van der Waals surface area contributed by atoms with Crippen LogP contribution in [-0.4, -0.2) is 18.6 Å². The molecule has 0 aliphatic heterocycles. The van der Waals surface area contributed by atoms with Gasteiger partial charge < -0.3 is 10.1 Å². The number of hydrogen-bond donors (Lipinski definition) is 1. The van der Waals surface area contributed by atoms with Crippen LogP contribution in [-0.2, 0) is 11.2 Å². The average molecular weight is 325 g/mol. The number of nitrogens with one attached hydrogen (secondary N) is 1. The van der Waals surface area contributed by atoms with E-state index in [1.165, 1.54) is 11.1 Å². The van der Waals surface area contributed by atoms with Gasteiger partial charge in [0, 0.05) is 6.54 Å². The normalized spacial score (nSPS) is 11.8. The summed E-state index contributed by atoms with van der Waals surface area (Å²) in [5, 5.41) is 2.95. The van der Waals surface area contributed by atoms with Crippen LogP contribution in [0.3, 0.4) is 0 Å². The monoisotopic (exact) mass is 325 g/mol. The Bertz CT molecular complexity index is 674. The zero-order valence-electron chi connectivity index (χ0n) is 15.1. The topological polar surface area (TPSA) is 38.3 Å². The quantitative estimate of drug-likeness (QED) is 0.777. The van der Waals surface area contributed by atoms with Crippen LogP contribution in [0.25, 0.3) is 0 Å². The first-order chi connectivity index (χ1) is 11.4. The molecule has 1 N–H and O–H groups in total. The van der Waals surface area contributed by atoms with Crippen LogP contribution in [0, 0.1) is 20.8 Å². The van der Waals surface area contributed by atoms with Gasteiger partial charge in [0.2, 0.25) is 0 Å². The van der Waals surface area contributed by atoms with Gasteiger partial charge in [0.05, 0.1) is 0 Å². The predicted octanol–water partition coefficient (Wildman–Crippen LogP) is 4.13. The molecule has 3 nitrogen and oxygen atoms in total. The fraction of sp³-hybridized carbons (Fsp3) is 0.381. The fourth-order valence-corrected chi connectivity index (χ4v) is 2.77. The molecule has 0 fully saturated rings. The van der Waals surface area contributed by atoms with Gasteiger partial charge in [-0.25, -0.2) is 0 Å². The van der Waals surface area contributed by atoms with Crippen molar-refractivity contribution >= 4 is 5.91 Å². The summed E-state index contributed by atoms with van der Waals surface area (Å²) in [7, 11) is 0. The van der Waals surface area contributed by atoms with E-state index in [9.17, 15) is 4.79 Å². The highest BCUT2D eigenvalue weighted by atomic mass is 16.5. The van der Waals surface area contributed by atoms with Crippen molar-refractivity contribution in [3.05, 3.63) is 64.7 Å². The molecule has 0 aromatic heterocycles. The second-order valence-corrected chi connectivity index (χ2v) is 6.47. The van der Waals surface area contributed by atoms with Crippen molar-refractivity contribution in [2.24, 2.45) is 0 Å². The van der Waals surface area contributed by atoms with Crippen LogP contribution in [0.5, 0.6) is 5.75 Å². The Morgan fingerprint density at radius 1 is 1.04 bits per heavy atom. The summed E-state index contributed by atoms with van der Waals surface area (Å²) < 4.78 is 5.76. The number of rotatable bonds is 7. The Morgan fingerprint density at radius 3 is 2.42 bits per heavy atom. The standard InChI is InChI=1S/C21H27NO2/c1-15-7-5-8-19(12-15)9-6-10-22-21(23)18(4)24-20-13-16(2)11-17(3)14-20/h5,7-8,11-14,18H,6,9-10H2,1-4H3,(H,22,23). The first-order valence-corrected chi connectivity index (χ1v) is 8.52. The van der Waals surface area contributed by atoms with E-state index in [2.05, 4.69) is 42.6 Å². The smallest absolute Gasteiger partial charge is 0.260 e. The zero-order valence-corrected chi connectivity index (χ0v) is 15.1. The summed E-state index contributed by atoms with van der Waals surface area (Å²) in [6, 6.07) is 14.5. The lowest BCUT2D eigenvalue weighted by Crippen LogP contribution is -2.37. The first kappa shape index (κ1) is 18.1. The molecule has 0 aliphatic rings. The highest BCUT2D eigenvalue weighted by molar-refractivity contribution is 5.80. The molecule has 0 saturated carbocycles. The summed E-state index contributed by atoms with van der Waals surface area (Å²) >= 11 is 0. The molecular formula is C21H27NO2. The Morgan fingerprint density at radius 2 is 1.75 bits per heavy atom. The molecule has 1 unspecified atom stereocenters. The molecule has 0 bridgehead atoms. The molecule has 2 rings (SSSR count). The van der Waals surface area contributed by atoms with E-state index in [-0.39, 0.29) is 5.91 Å². The van der Waals surface area contributed by atoms with Crippen molar-refractivity contribution in [1.82, 2.24) is 5.32 Å². The Balaban J connectivity index is 1.75. The summed E-state index contributed by atoms with van der Waals surface area (Å²) in [5.41, 5.74) is 4.85. The van der Waals surface area contributed by atoms with E-state index in [0.717, 1.165) is 29.7 Å². The average Bonchev–Trinajstić information content (AvgIpc) is 2.50. The minimum Gasteiger partial charge on any atom is -0.481 e. The van der Waals surface area contributed by atoms with Gasteiger partial charge in [0.15, 0.2) is 6.10 Å². The van der Waals surface area contributed by atoms with Crippen molar-refractivity contribution < 1.29 is 9.53 Å². The number of aryl methyl sites for hydroxylation is 4. The van der Waals surface area contributed by atoms with Crippen LogP contribution in [0.1, 0.15) is 35.6 Å².